The molecule has 0 amide bonds. The second kappa shape index (κ2) is 3.97. The zero-order chi connectivity index (χ0) is 9.10. The van der Waals surface area contributed by atoms with Gasteiger partial charge in [-0.15, -0.1) is 0 Å². The maximum absolute atomic E-state index is 2.52. The number of hydrogen-bond donors (Lipinski definition) is 0. The SMILES string of the molecule is CCN1CCN(C2=CC=CC2)CC1. The predicted octanol–water partition coefficient (Wildman–Crippen LogP) is 1.47. The molecule has 72 valence electrons. The van der Waals surface area contributed by atoms with Crippen molar-refractivity contribution < 1.29 is 0 Å². The standard InChI is InChI=1S/C11H18N2/c1-2-12-7-9-13(10-8-12)11-5-3-4-6-11/h3-5H,2,6-10H2,1H3. The first-order valence-corrected chi connectivity index (χ1v) is 5.23. The molecule has 0 aromatic rings. The lowest BCUT2D eigenvalue weighted by molar-refractivity contribution is 0.164. The molecule has 13 heavy (non-hydrogen) atoms. The Morgan fingerprint density at radius 3 is 2.54 bits per heavy atom. The number of allylic oxidation sites excluding steroid dienone is 3. The van der Waals surface area contributed by atoms with Gasteiger partial charge in [-0.1, -0.05) is 19.1 Å². The third-order valence-electron chi connectivity index (χ3n) is 2.98. The molecule has 1 aliphatic carbocycles. The summed E-state index contributed by atoms with van der Waals surface area (Å²) >= 11 is 0. The molecule has 0 N–H and O–H groups in total. The Morgan fingerprint density at radius 1 is 1.23 bits per heavy atom. The van der Waals surface area contributed by atoms with Gasteiger partial charge in [-0.2, -0.15) is 0 Å². The number of hydrogen-bond acceptors (Lipinski definition) is 2. The molecule has 0 unspecified atom stereocenters. The third-order valence-corrected chi connectivity index (χ3v) is 2.98. The van der Waals surface area contributed by atoms with E-state index in [2.05, 4.69) is 35.0 Å². The maximum atomic E-state index is 2.52. The lowest BCUT2D eigenvalue weighted by atomic mass is 10.2. The first-order chi connectivity index (χ1) is 6.40. The maximum Gasteiger partial charge on any atom is 0.0303 e. The number of likely N-dealkylation sites (N-methyl/N-ethyl adjacent to an activating group) is 1. The van der Waals surface area contributed by atoms with E-state index in [-0.39, 0.29) is 0 Å². The minimum atomic E-state index is 1.14. The molecule has 0 spiro atoms. The van der Waals surface area contributed by atoms with Gasteiger partial charge in [-0.3, -0.25) is 0 Å². The zero-order valence-electron chi connectivity index (χ0n) is 8.37. The monoisotopic (exact) mass is 178 g/mol. The molecule has 2 nitrogen and oxygen atoms in total. The number of nitrogens with zero attached hydrogens (tertiary/aromatic N) is 2. The van der Waals surface area contributed by atoms with E-state index in [1.807, 2.05) is 0 Å². The van der Waals surface area contributed by atoms with Crippen LogP contribution in [0.5, 0.6) is 0 Å². The first-order valence-electron chi connectivity index (χ1n) is 5.23. The summed E-state index contributed by atoms with van der Waals surface area (Å²) in [6, 6.07) is 0. The minimum Gasteiger partial charge on any atom is -0.372 e. The van der Waals surface area contributed by atoms with E-state index < -0.39 is 0 Å². The van der Waals surface area contributed by atoms with Crippen LogP contribution < -0.4 is 0 Å². The highest BCUT2D eigenvalue weighted by atomic mass is 15.3. The summed E-state index contributed by atoms with van der Waals surface area (Å²) in [5.41, 5.74) is 1.51. The van der Waals surface area contributed by atoms with Gasteiger partial charge >= 0.3 is 0 Å². The van der Waals surface area contributed by atoms with Crippen LogP contribution in [-0.2, 0) is 0 Å². The third kappa shape index (κ3) is 1.94. The largest absolute Gasteiger partial charge is 0.372 e. The summed E-state index contributed by atoms with van der Waals surface area (Å²) in [5, 5.41) is 0. The quantitative estimate of drug-likeness (QED) is 0.632. The Balaban J connectivity index is 1.84. The molecule has 0 aromatic heterocycles. The highest BCUT2D eigenvalue weighted by Crippen LogP contribution is 2.17. The summed E-state index contributed by atoms with van der Waals surface area (Å²) in [6.45, 7) is 8.32. The highest BCUT2D eigenvalue weighted by Gasteiger charge is 2.17. The van der Waals surface area contributed by atoms with E-state index in [1.54, 1.807) is 0 Å². The van der Waals surface area contributed by atoms with Gasteiger partial charge in [0.05, 0.1) is 0 Å². The van der Waals surface area contributed by atoms with Crippen LogP contribution in [0, 0.1) is 0 Å². The average molecular weight is 178 g/mol. The first kappa shape index (κ1) is 8.82. The summed E-state index contributed by atoms with van der Waals surface area (Å²) < 4.78 is 0. The molecule has 1 heterocycles. The number of rotatable bonds is 2. The van der Waals surface area contributed by atoms with Gasteiger partial charge < -0.3 is 9.80 Å². The molecule has 0 aromatic carbocycles. The lowest BCUT2D eigenvalue weighted by Crippen LogP contribution is -2.45. The molecular formula is C11H18N2. The Hall–Kier alpha value is -0.760. The van der Waals surface area contributed by atoms with Crippen LogP contribution in [0.25, 0.3) is 0 Å². The van der Waals surface area contributed by atoms with Crippen molar-refractivity contribution in [3.63, 3.8) is 0 Å². The van der Waals surface area contributed by atoms with Gasteiger partial charge in [-0.05, 0) is 12.6 Å². The molecule has 2 aliphatic rings. The van der Waals surface area contributed by atoms with E-state index in [0.717, 1.165) is 6.42 Å². The Bertz CT molecular complexity index is 222. The Morgan fingerprint density at radius 2 is 2.00 bits per heavy atom. The molecule has 1 saturated heterocycles. The molecule has 0 bridgehead atoms. The summed E-state index contributed by atoms with van der Waals surface area (Å²) in [6.07, 6.45) is 7.80. The van der Waals surface area contributed by atoms with Crippen LogP contribution in [0.2, 0.25) is 0 Å². The van der Waals surface area contributed by atoms with Gasteiger partial charge in [0.2, 0.25) is 0 Å². The normalized spacial score (nSPS) is 23.8. The second-order valence-electron chi connectivity index (χ2n) is 3.71. The molecule has 0 atom stereocenters. The average Bonchev–Trinajstić information content (AvgIpc) is 2.71. The van der Waals surface area contributed by atoms with Crippen molar-refractivity contribution in [2.45, 2.75) is 13.3 Å². The van der Waals surface area contributed by atoms with Crippen LogP contribution in [-0.4, -0.2) is 42.5 Å². The van der Waals surface area contributed by atoms with E-state index in [9.17, 15) is 0 Å². The fraction of sp³-hybridized carbons (Fsp3) is 0.636. The lowest BCUT2D eigenvalue weighted by Gasteiger charge is -2.36. The van der Waals surface area contributed by atoms with Crippen LogP contribution >= 0.6 is 0 Å². The molecule has 2 heteroatoms. The summed E-state index contributed by atoms with van der Waals surface area (Å²) in [4.78, 5) is 5.03. The van der Waals surface area contributed by atoms with E-state index in [1.165, 1.54) is 38.4 Å². The van der Waals surface area contributed by atoms with Crippen molar-refractivity contribution in [3.8, 4) is 0 Å². The number of piperazine rings is 1. The molecule has 0 radical (unpaired) electrons. The van der Waals surface area contributed by atoms with Gasteiger partial charge in [0.1, 0.15) is 0 Å². The van der Waals surface area contributed by atoms with E-state index in [4.69, 9.17) is 0 Å². The topological polar surface area (TPSA) is 6.48 Å². The molecule has 1 aliphatic heterocycles. The van der Waals surface area contributed by atoms with Crippen molar-refractivity contribution in [2.75, 3.05) is 32.7 Å². The van der Waals surface area contributed by atoms with Gasteiger partial charge in [0, 0.05) is 38.3 Å². The van der Waals surface area contributed by atoms with E-state index >= 15 is 0 Å². The minimum absolute atomic E-state index is 1.14. The van der Waals surface area contributed by atoms with Crippen LogP contribution in [0.4, 0.5) is 0 Å². The van der Waals surface area contributed by atoms with Gasteiger partial charge in [-0.25, -0.2) is 0 Å². The van der Waals surface area contributed by atoms with Crippen molar-refractivity contribution >= 4 is 0 Å². The molecule has 0 saturated carbocycles. The molecule has 2 rings (SSSR count). The van der Waals surface area contributed by atoms with Crippen LogP contribution in [0.1, 0.15) is 13.3 Å². The van der Waals surface area contributed by atoms with Crippen LogP contribution in [0.3, 0.4) is 0 Å². The Kier molecular flexibility index (Phi) is 2.69. The van der Waals surface area contributed by atoms with Crippen molar-refractivity contribution in [1.29, 1.82) is 0 Å². The fourth-order valence-electron chi connectivity index (χ4n) is 2.02. The van der Waals surface area contributed by atoms with Gasteiger partial charge in [0.15, 0.2) is 0 Å². The molecule has 1 fully saturated rings. The summed E-state index contributed by atoms with van der Waals surface area (Å²) in [7, 11) is 0. The smallest absolute Gasteiger partial charge is 0.0303 e. The van der Waals surface area contributed by atoms with Crippen molar-refractivity contribution in [3.05, 3.63) is 23.9 Å². The summed E-state index contributed by atoms with van der Waals surface area (Å²) in [5.74, 6) is 0. The van der Waals surface area contributed by atoms with Crippen LogP contribution in [0.15, 0.2) is 23.9 Å². The zero-order valence-corrected chi connectivity index (χ0v) is 8.37. The fourth-order valence-corrected chi connectivity index (χ4v) is 2.02. The Labute approximate surface area is 80.5 Å². The molecular weight excluding hydrogens is 160 g/mol. The predicted molar refractivity (Wildman–Crippen MR) is 55.5 cm³/mol. The van der Waals surface area contributed by atoms with Crippen molar-refractivity contribution in [2.24, 2.45) is 0 Å². The van der Waals surface area contributed by atoms with Crippen molar-refractivity contribution in [1.82, 2.24) is 9.80 Å². The second-order valence-corrected chi connectivity index (χ2v) is 3.71. The van der Waals surface area contributed by atoms with E-state index in [0.29, 0.717) is 0 Å². The van der Waals surface area contributed by atoms with Gasteiger partial charge in [0.25, 0.3) is 0 Å². The highest BCUT2D eigenvalue weighted by molar-refractivity contribution is 5.22.